The van der Waals surface area contributed by atoms with Crippen LogP contribution in [-0.2, 0) is 16.0 Å². The highest BCUT2D eigenvalue weighted by atomic mass is 16.5. The lowest BCUT2D eigenvalue weighted by atomic mass is 10.1. The Labute approximate surface area is 135 Å². The molecule has 2 amide bonds. The maximum atomic E-state index is 12.5. The Morgan fingerprint density at radius 2 is 1.70 bits per heavy atom. The summed E-state index contributed by atoms with van der Waals surface area (Å²) in [5, 5.41) is 5.50. The minimum atomic E-state index is -0.653. The van der Waals surface area contributed by atoms with E-state index >= 15 is 0 Å². The van der Waals surface area contributed by atoms with Crippen molar-refractivity contribution in [2.75, 3.05) is 12.4 Å². The molecule has 23 heavy (non-hydrogen) atoms. The molecule has 120 valence electrons. The Morgan fingerprint density at radius 3 is 2.35 bits per heavy atom. The number of para-hydroxylation sites is 2. The fourth-order valence-corrected chi connectivity index (χ4v) is 2.27. The zero-order chi connectivity index (χ0) is 16.7. The molecule has 2 rings (SSSR count). The summed E-state index contributed by atoms with van der Waals surface area (Å²) in [6.45, 7) is 1.40. The van der Waals surface area contributed by atoms with Crippen LogP contribution in [0.1, 0.15) is 12.5 Å². The molecule has 0 saturated carbocycles. The Balaban J connectivity index is 2.14. The molecule has 0 heterocycles. The second-order valence-electron chi connectivity index (χ2n) is 5.13. The van der Waals surface area contributed by atoms with Gasteiger partial charge in [-0.25, -0.2) is 0 Å². The van der Waals surface area contributed by atoms with Crippen LogP contribution < -0.4 is 15.4 Å². The molecule has 0 bridgehead atoms. The number of hydrogen-bond donors (Lipinski definition) is 2. The summed E-state index contributed by atoms with van der Waals surface area (Å²) in [4.78, 5) is 23.9. The zero-order valence-corrected chi connectivity index (χ0v) is 13.2. The summed E-state index contributed by atoms with van der Waals surface area (Å²) >= 11 is 0. The van der Waals surface area contributed by atoms with Crippen molar-refractivity contribution >= 4 is 17.5 Å². The molecule has 0 aliphatic carbocycles. The van der Waals surface area contributed by atoms with Gasteiger partial charge in [-0.2, -0.15) is 0 Å². The van der Waals surface area contributed by atoms with Gasteiger partial charge in [-0.3, -0.25) is 9.59 Å². The van der Waals surface area contributed by atoms with Crippen LogP contribution in [0.4, 0.5) is 5.69 Å². The van der Waals surface area contributed by atoms with E-state index in [0.717, 1.165) is 5.56 Å². The maximum Gasteiger partial charge on any atom is 0.247 e. The monoisotopic (exact) mass is 312 g/mol. The molecule has 0 saturated heterocycles. The number of amides is 2. The van der Waals surface area contributed by atoms with Crippen molar-refractivity contribution in [1.29, 1.82) is 0 Å². The lowest BCUT2D eigenvalue weighted by molar-refractivity contribution is -0.125. The van der Waals surface area contributed by atoms with Gasteiger partial charge in [0.1, 0.15) is 11.8 Å². The van der Waals surface area contributed by atoms with Gasteiger partial charge in [-0.05, 0) is 17.7 Å². The van der Waals surface area contributed by atoms with E-state index in [2.05, 4.69) is 10.6 Å². The van der Waals surface area contributed by atoms with Crippen molar-refractivity contribution in [3.05, 3.63) is 60.2 Å². The van der Waals surface area contributed by atoms with Gasteiger partial charge in [0.15, 0.2) is 0 Å². The van der Waals surface area contributed by atoms with E-state index in [9.17, 15) is 9.59 Å². The summed E-state index contributed by atoms with van der Waals surface area (Å²) in [6, 6.07) is 16.1. The van der Waals surface area contributed by atoms with Crippen LogP contribution in [0, 0.1) is 0 Å². The number of anilines is 1. The van der Waals surface area contributed by atoms with E-state index in [1.165, 1.54) is 6.92 Å². The number of methoxy groups -OCH3 is 1. The highest BCUT2D eigenvalue weighted by Crippen LogP contribution is 2.23. The van der Waals surface area contributed by atoms with Crippen molar-refractivity contribution in [3.63, 3.8) is 0 Å². The zero-order valence-electron chi connectivity index (χ0n) is 13.2. The van der Waals surface area contributed by atoms with E-state index in [0.29, 0.717) is 17.9 Å². The molecule has 0 spiro atoms. The Hall–Kier alpha value is -2.82. The van der Waals surface area contributed by atoms with Crippen molar-refractivity contribution in [2.45, 2.75) is 19.4 Å². The third-order valence-electron chi connectivity index (χ3n) is 3.34. The third-order valence-corrected chi connectivity index (χ3v) is 3.34. The summed E-state index contributed by atoms with van der Waals surface area (Å²) in [6.07, 6.45) is 0.418. The first kappa shape index (κ1) is 16.5. The molecule has 5 heteroatoms. The first-order chi connectivity index (χ1) is 11.1. The lowest BCUT2D eigenvalue weighted by Gasteiger charge is -2.18. The van der Waals surface area contributed by atoms with Gasteiger partial charge < -0.3 is 15.4 Å². The Morgan fingerprint density at radius 1 is 1.04 bits per heavy atom. The lowest BCUT2D eigenvalue weighted by Crippen LogP contribution is -2.44. The van der Waals surface area contributed by atoms with E-state index in [1.54, 1.807) is 19.2 Å². The number of hydrogen-bond acceptors (Lipinski definition) is 3. The highest BCUT2D eigenvalue weighted by Gasteiger charge is 2.21. The van der Waals surface area contributed by atoms with Crippen LogP contribution in [0.5, 0.6) is 5.75 Å². The molecule has 2 aromatic rings. The number of nitrogens with one attached hydrogen (secondary N) is 2. The van der Waals surface area contributed by atoms with Gasteiger partial charge in [0.05, 0.1) is 12.8 Å². The molecule has 1 unspecified atom stereocenters. The van der Waals surface area contributed by atoms with Gasteiger partial charge in [0.2, 0.25) is 11.8 Å². The molecule has 0 aliphatic heterocycles. The normalized spacial score (nSPS) is 11.4. The van der Waals surface area contributed by atoms with E-state index < -0.39 is 6.04 Å². The molecule has 5 nitrogen and oxygen atoms in total. The van der Waals surface area contributed by atoms with Gasteiger partial charge in [0, 0.05) is 13.3 Å². The second-order valence-corrected chi connectivity index (χ2v) is 5.13. The number of rotatable bonds is 6. The van der Waals surface area contributed by atoms with Gasteiger partial charge in [0.25, 0.3) is 0 Å². The largest absolute Gasteiger partial charge is 0.495 e. The number of ether oxygens (including phenoxy) is 1. The van der Waals surface area contributed by atoms with E-state index in [1.807, 2.05) is 42.5 Å². The topological polar surface area (TPSA) is 67.4 Å². The van der Waals surface area contributed by atoms with Crippen LogP contribution in [0.2, 0.25) is 0 Å². The minimum Gasteiger partial charge on any atom is -0.495 e. The first-order valence-corrected chi connectivity index (χ1v) is 7.35. The molecule has 1 atom stereocenters. The summed E-state index contributed by atoms with van der Waals surface area (Å²) in [7, 11) is 1.54. The summed E-state index contributed by atoms with van der Waals surface area (Å²) in [5.74, 6) is 0.0387. The SMILES string of the molecule is COc1ccccc1NC(=O)C(Cc1ccccc1)NC(C)=O. The van der Waals surface area contributed by atoms with Crippen molar-refractivity contribution < 1.29 is 14.3 Å². The van der Waals surface area contributed by atoms with Crippen LogP contribution in [-0.4, -0.2) is 25.0 Å². The molecule has 0 radical (unpaired) electrons. The van der Waals surface area contributed by atoms with Crippen molar-refractivity contribution in [1.82, 2.24) is 5.32 Å². The van der Waals surface area contributed by atoms with Crippen LogP contribution in [0.3, 0.4) is 0 Å². The van der Waals surface area contributed by atoms with Crippen LogP contribution in [0.15, 0.2) is 54.6 Å². The standard InChI is InChI=1S/C18H20N2O3/c1-13(21)19-16(12-14-8-4-3-5-9-14)18(22)20-15-10-6-7-11-17(15)23-2/h3-11,16H,12H2,1-2H3,(H,19,21)(H,20,22). The molecular formula is C18H20N2O3. The Bertz CT molecular complexity index is 671. The van der Waals surface area contributed by atoms with Gasteiger partial charge in [-0.15, -0.1) is 0 Å². The molecule has 0 aliphatic rings. The van der Waals surface area contributed by atoms with E-state index in [-0.39, 0.29) is 11.8 Å². The maximum absolute atomic E-state index is 12.5. The average Bonchev–Trinajstić information content (AvgIpc) is 2.55. The summed E-state index contributed by atoms with van der Waals surface area (Å²) < 4.78 is 5.22. The predicted octanol–water partition coefficient (Wildman–Crippen LogP) is 2.38. The Kier molecular flexibility index (Phi) is 5.74. The molecular weight excluding hydrogens is 292 g/mol. The fourth-order valence-electron chi connectivity index (χ4n) is 2.27. The van der Waals surface area contributed by atoms with Gasteiger partial charge in [-0.1, -0.05) is 42.5 Å². The number of benzene rings is 2. The molecule has 0 fully saturated rings. The second kappa shape index (κ2) is 7.98. The van der Waals surface area contributed by atoms with Crippen molar-refractivity contribution in [2.24, 2.45) is 0 Å². The van der Waals surface area contributed by atoms with E-state index in [4.69, 9.17) is 4.74 Å². The summed E-state index contributed by atoms with van der Waals surface area (Å²) in [5.41, 5.74) is 1.55. The molecule has 0 aromatic heterocycles. The molecule has 2 aromatic carbocycles. The third kappa shape index (κ3) is 4.85. The number of carbonyl (C=O) groups excluding carboxylic acids is 2. The van der Waals surface area contributed by atoms with Crippen molar-refractivity contribution in [3.8, 4) is 5.75 Å². The quantitative estimate of drug-likeness (QED) is 0.860. The smallest absolute Gasteiger partial charge is 0.247 e. The average molecular weight is 312 g/mol. The highest BCUT2D eigenvalue weighted by molar-refractivity contribution is 5.98. The number of carbonyl (C=O) groups is 2. The first-order valence-electron chi connectivity index (χ1n) is 7.35. The molecule has 2 N–H and O–H groups in total. The van der Waals surface area contributed by atoms with Crippen LogP contribution >= 0.6 is 0 Å². The minimum absolute atomic E-state index is 0.249. The predicted molar refractivity (Wildman–Crippen MR) is 89.4 cm³/mol. The van der Waals surface area contributed by atoms with Gasteiger partial charge >= 0.3 is 0 Å². The van der Waals surface area contributed by atoms with Crippen LogP contribution in [0.25, 0.3) is 0 Å². The fraction of sp³-hybridized carbons (Fsp3) is 0.222.